The molecule has 0 spiro atoms. The average Bonchev–Trinajstić information content (AvgIpc) is 3.20. The van der Waals surface area contributed by atoms with Crippen molar-refractivity contribution in [1.82, 2.24) is 24.5 Å². The lowest BCUT2D eigenvalue weighted by Gasteiger charge is -2.35. The fraction of sp³-hybridized carbons (Fsp3) is 0.429. The first-order valence-corrected chi connectivity index (χ1v) is 9.94. The highest BCUT2D eigenvalue weighted by Crippen LogP contribution is 2.22. The third-order valence-corrected chi connectivity index (χ3v) is 5.20. The van der Waals surface area contributed by atoms with Crippen LogP contribution in [0.1, 0.15) is 31.0 Å². The molecule has 8 heteroatoms. The van der Waals surface area contributed by atoms with Crippen molar-refractivity contribution in [3.8, 4) is 5.75 Å². The monoisotopic (exact) mass is 394 g/mol. The molecular weight excluding hydrogens is 368 g/mol. The first-order chi connectivity index (χ1) is 14.0. The number of rotatable bonds is 5. The predicted octanol–water partition coefficient (Wildman–Crippen LogP) is 2.28. The maximum atomic E-state index is 12.5. The normalized spacial score (nSPS) is 14.6. The van der Waals surface area contributed by atoms with E-state index < -0.39 is 0 Å². The fourth-order valence-corrected chi connectivity index (χ4v) is 3.56. The van der Waals surface area contributed by atoms with E-state index in [2.05, 4.69) is 40.0 Å². The van der Waals surface area contributed by atoms with Crippen molar-refractivity contribution in [2.75, 3.05) is 37.7 Å². The molecule has 3 aromatic rings. The minimum absolute atomic E-state index is 0.00916. The largest absolute Gasteiger partial charge is 0.484 e. The number of aryl methyl sites for hydroxylation is 1. The summed E-state index contributed by atoms with van der Waals surface area (Å²) >= 11 is 0. The zero-order chi connectivity index (χ0) is 20.4. The van der Waals surface area contributed by atoms with Crippen LogP contribution in [0, 0.1) is 6.92 Å². The van der Waals surface area contributed by atoms with Gasteiger partial charge in [-0.25, -0.2) is 0 Å². The minimum Gasteiger partial charge on any atom is -0.484 e. The van der Waals surface area contributed by atoms with Crippen molar-refractivity contribution in [3.63, 3.8) is 0 Å². The van der Waals surface area contributed by atoms with Crippen molar-refractivity contribution >= 4 is 17.5 Å². The van der Waals surface area contributed by atoms with Crippen LogP contribution in [0.5, 0.6) is 5.75 Å². The number of carbonyl (C=O) groups is 1. The molecule has 1 amide bonds. The average molecular weight is 394 g/mol. The van der Waals surface area contributed by atoms with Gasteiger partial charge >= 0.3 is 0 Å². The maximum absolute atomic E-state index is 12.5. The Morgan fingerprint density at radius 1 is 1.17 bits per heavy atom. The summed E-state index contributed by atoms with van der Waals surface area (Å²) in [5, 5.41) is 8.10. The van der Waals surface area contributed by atoms with E-state index >= 15 is 0 Å². The van der Waals surface area contributed by atoms with Gasteiger partial charge in [-0.1, -0.05) is 26.0 Å². The van der Waals surface area contributed by atoms with Gasteiger partial charge in [0.15, 0.2) is 6.61 Å². The van der Waals surface area contributed by atoms with Gasteiger partial charge in [0.05, 0.1) is 0 Å². The third kappa shape index (κ3) is 4.16. The molecule has 1 aliphatic heterocycles. The molecule has 29 heavy (non-hydrogen) atoms. The van der Waals surface area contributed by atoms with Gasteiger partial charge in [-0.15, -0.1) is 10.2 Å². The van der Waals surface area contributed by atoms with E-state index in [9.17, 15) is 4.79 Å². The number of nitrogens with zero attached hydrogens (tertiary/aromatic N) is 6. The third-order valence-electron chi connectivity index (χ3n) is 5.20. The number of piperazine rings is 1. The number of benzene rings is 1. The van der Waals surface area contributed by atoms with E-state index in [1.165, 1.54) is 0 Å². The van der Waals surface area contributed by atoms with E-state index in [0.29, 0.717) is 24.8 Å². The first kappa shape index (κ1) is 19.2. The number of hydrogen-bond donors (Lipinski definition) is 0. The smallest absolute Gasteiger partial charge is 0.260 e. The molecule has 1 fully saturated rings. The van der Waals surface area contributed by atoms with Crippen molar-refractivity contribution < 1.29 is 9.53 Å². The molecule has 1 aliphatic rings. The predicted molar refractivity (Wildman–Crippen MR) is 110 cm³/mol. The molecule has 0 saturated carbocycles. The van der Waals surface area contributed by atoms with Gasteiger partial charge in [0.1, 0.15) is 17.9 Å². The number of aromatic nitrogens is 4. The molecule has 2 aromatic heterocycles. The summed E-state index contributed by atoms with van der Waals surface area (Å²) in [7, 11) is 0. The first-order valence-electron chi connectivity index (χ1n) is 9.94. The summed E-state index contributed by atoms with van der Waals surface area (Å²) in [6.45, 7) is 9.09. The van der Waals surface area contributed by atoms with Crippen molar-refractivity contribution in [2.24, 2.45) is 0 Å². The van der Waals surface area contributed by atoms with E-state index in [0.717, 1.165) is 35.9 Å². The van der Waals surface area contributed by atoms with Crippen LogP contribution in [0.4, 0.5) is 5.82 Å². The van der Waals surface area contributed by atoms with E-state index in [-0.39, 0.29) is 12.5 Å². The Hall–Kier alpha value is -3.16. The van der Waals surface area contributed by atoms with Crippen molar-refractivity contribution in [2.45, 2.75) is 26.7 Å². The number of anilines is 1. The van der Waals surface area contributed by atoms with Gasteiger partial charge < -0.3 is 14.5 Å². The van der Waals surface area contributed by atoms with Gasteiger partial charge in [-0.2, -0.15) is 4.98 Å². The Bertz CT molecular complexity index is 1010. The molecule has 8 nitrogen and oxygen atoms in total. The van der Waals surface area contributed by atoms with E-state index in [1.54, 1.807) is 6.33 Å². The maximum Gasteiger partial charge on any atom is 0.260 e. The molecular formula is C21H26N6O2. The van der Waals surface area contributed by atoms with E-state index in [1.807, 2.05) is 40.5 Å². The molecule has 0 N–H and O–H groups in total. The second kappa shape index (κ2) is 8.06. The molecule has 0 bridgehead atoms. The van der Waals surface area contributed by atoms with Crippen LogP contribution in [0.15, 0.2) is 36.7 Å². The fourth-order valence-electron chi connectivity index (χ4n) is 3.56. The second-order valence-electron chi connectivity index (χ2n) is 7.67. The summed E-state index contributed by atoms with van der Waals surface area (Å²) in [6, 6.07) is 9.84. The number of hydrogen-bond acceptors (Lipinski definition) is 6. The molecule has 1 aromatic carbocycles. The Morgan fingerprint density at radius 2 is 1.97 bits per heavy atom. The van der Waals surface area contributed by atoms with Gasteiger partial charge in [-0.05, 0) is 30.5 Å². The Kier molecular flexibility index (Phi) is 5.33. The van der Waals surface area contributed by atoms with Gasteiger partial charge in [-0.3, -0.25) is 9.20 Å². The zero-order valence-electron chi connectivity index (χ0n) is 17.1. The number of amides is 1. The summed E-state index contributed by atoms with van der Waals surface area (Å²) in [6.07, 6.45) is 1.70. The number of fused-ring (bicyclic) bond motifs is 1. The molecule has 152 valence electrons. The van der Waals surface area contributed by atoms with Gasteiger partial charge in [0, 0.05) is 37.9 Å². The molecule has 0 unspecified atom stereocenters. The zero-order valence-corrected chi connectivity index (χ0v) is 17.1. The Labute approximate surface area is 170 Å². The minimum atomic E-state index is 0.00916. The summed E-state index contributed by atoms with van der Waals surface area (Å²) < 4.78 is 7.59. The lowest BCUT2D eigenvalue weighted by molar-refractivity contribution is -0.133. The lowest BCUT2D eigenvalue weighted by atomic mass is 10.1. The molecule has 0 radical (unpaired) electrons. The van der Waals surface area contributed by atoms with Crippen LogP contribution >= 0.6 is 0 Å². The molecule has 0 atom stereocenters. The van der Waals surface area contributed by atoms with Gasteiger partial charge in [0.2, 0.25) is 0 Å². The highest BCUT2D eigenvalue weighted by Gasteiger charge is 2.23. The quantitative estimate of drug-likeness (QED) is 0.661. The van der Waals surface area contributed by atoms with Crippen LogP contribution in [0.2, 0.25) is 0 Å². The Morgan fingerprint density at radius 3 is 2.69 bits per heavy atom. The summed E-state index contributed by atoms with van der Waals surface area (Å²) in [5.41, 5.74) is 2.24. The molecule has 1 saturated heterocycles. The van der Waals surface area contributed by atoms with Crippen LogP contribution in [0.3, 0.4) is 0 Å². The highest BCUT2D eigenvalue weighted by molar-refractivity contribution is 5.78. The molecule has 0 aliphatic carbocycles. The molecule has 4 rings (SSSR count). The Balaban J connectivity index is 1.38. The van der Waals surface area contributed by atoms with Crippen molar-refractivity contribution in [3.05, 3.63) is 47.9 Å². The standard InChI is InChI=1S/C21H26N6O2/c1-15(2)18-12-19(23-21-24-22-14-27(18)21)25-7-9-26(10-8-25)20(28)13-29-17-6-4-5-16(3)11-17/h4-6,11-12,14-15H,7-10,13H2,1-3H3. The summed E-state index contributed by atoms with van der Waals surface area (Å²) in [5.74, 6) is 2.56. The SMILES string of the molecule is Cc1cccc(OCC(=O)N2CCN(c3cc(C(C)C)n4cnnc4n3)CC2)c1. The van der Waals surface area contributed by atoms with Gasteiger partial charge in [0.25, 0.3) is 11.7 Å². The van der Waals surface area contributed by atoms with Crippen LogP contribution < -0.4 is 9.64 Å². The number of ether oxygens (including phenoxy) is 1. The lowest BCUT2D eigenvalue weighted by Crippen LogP contribution is -2.50. The summed E-state index contributed by atoms with van der Waals surface area (Å²) in [4.78, 5) is 21.2. The molecule has 3 heterocycles. The van der Waals surface area contributed by atoms with Crippen LogP contribution in [-0.2, 0) is 4.79 Å². The van der Waals surface area contributed by atoms with Crippen LogP contribution in [-0.4, -0.2) is 63.2 Å². The second-order valence-corrected chi connectivity index (χ2v) is 7.67. The highest BCUT2D eigenvalue weighted by atomic mass is 16.5. The number of carbonyl (C=O) groups excluding carboxylic acids is 1. The van der Waals surface area contributed by atoms with Crippen molar-refractivity contribution in [1.29, 1.82) is 0 Å². The topological polar surface area (TPSA) is 75.9 Å². The van der Waals surface area contributed by atoms with E-state index in [4.69, 9.17) is 4.74 Å². The van der Waals surface area contributed by atoms with Crippen LogP contribution in [0.25, 0.3) is 5.78 Å².